The first kappa shape index (κ1) is 20.3. The lowest BCUT2D eigenvalue weighted by Crippen LogP contribution is -2.50. The largest absolute Gasteiger partial charge is 0.339 e. The summed E-state index contributed by atoms with van der Waals surface area (Å²) < 4.78 is 0. The van der Waals surface area contributed by atoms with Gasteiger partial charge in [-0.3, -0.25) is 15.0 Å². The predicted molar refractivity (Wildman–Crippen MR) is 122 cm³/mol. The topological polar surface area (TPSA) is 35.6 Å². The third-order valence-corrected chi connectivity index (χ3v) is 7.18. The van der Waals surface area contributed by atoms with E-state index in [9.17, 15) is 4.79 Å². The molecule has 0 bridgehead atoms. The number of aryl methyl sites for hydroxylation is 1. The lowest BCUT2D eigenvalue weighted by Gasteiger charge is -2.35. The molecule has 3 heterocycles. The summed E-state index contributed by atoms with van der Waals surface area (Å²) in [7, 11) is 0. The maximum absolute atomic E-state index is 12.8. The lowest BCUT2D eigenvalue weighted by molar-refractivity contribution is -0.132. The molecule has 1 aliphatic heterocycles. The highest BCUT2D eigenvalue weighted by Crippen LogP contribution is 2.26. The van der Waals surface area contributed by atoms with Crippen molar-refractivity contribution in [3.05, 3.63) is 80.2 Å². The number of piperazine rings is 1. The van der Waals surface area contributed by atoms with Gasteiger partial charge in [0.25, 0.3) is 0 Å². The zero-order valence-corrected chi connectivity index (χ0v) is 18.3. The van der Waals surface area contributed by atoms with E-state index in [1.54, 1.807) is 22.7 Å². The number of thiophene rings is 2. The summed E-state index contributed by atoms with van der Waals surface area (Å²) in [5.41, 5.74) is 2.45. The van der Waals surface area contributed by atoms with Crippen molar-refractivity contribution in [3.8, 4) is 0 Å². The lowest BCUT2D eigenvalue weighted by atomic mass is 10.0. The molecule has 6 heteroatoms. The Morgan fingerprint density at radius 1 is 1.00 bits per heavy atom. The summed E-state index contributed by atoms with van der Waals surface area (Å²) in [5.74, 6) is 0.189. The van der Waals surface area contributed by atoms with Crippen LogP contribution in [0.4, 0.5) is 0 Å². The maximum atomic E-state index is 12.8. The van der Waals surface area contributed by atoms with E-state index in [4.69, 9.17) is 0 Å². The van der Waals surface area contributed by atoms with Crippen LogP contribution in [-0.4, -0.2) is 48.4 Å². The fourth-order valence-electron chi connectivity index (χ4n) is 3.68. The highest BCUT2D eigenvalue weighted by atomic mass is 32.1. The highest BCUT2D eigenvalue weighted by molar-refractivity contribution is 7.10. The van der Waals surface area contributed by atoms with Crippen LogP contribution in [0.1, 0.15) is 26.9 Å². The number of benzene rings is 1. The number of hydrogen-bond donors (Lipinski definition) is 1. The van der Waals surface area contributed by atoms with Gasteiger partial charge in [-0.2, -0.15) is 0 Å². The molecule has 152 valence electrons. The summed E-state index contributed by atoms with van der Waals surface area (Å²) in [6, 6.07) is 17.1. The van der Waals surface area contributed by atoms with E-state index in [0.717, 1.165) is 32.7 Å². The van der Waals surface area contributed by atoms with Crippen LogP contribution in [0.25, 0.3) is 0 Å². The molecular formula is C23H27N3OS2. The Morgan fingerprint density at radius 3 is 2.38 bits per heavy atom. The van der Waals surface area contributed by atoms with Crippen molar-refractivity contribution in [2.24, 2.45) is 0 Å². The summed E-state index contributed by atoms with van der Waals surface area (Å²) >= 11 is 3.53. The van der Waals surface area contributed by atoms with E-state index in [-0.39, 0.29) is 11.9 Å². The molecule has 1 amide bonds. The first-order valence-corrected chi connectivity index (χ1v) is 11.8. The molecule has 1 atom stereocenters. The maximum Gasteiger partial charge on any atom is 0.236 e. The number of rotatable bonds is 7. The van der Waals surface area contributed by atoms with Crippen molar-refractivity contribution in [1.29, 1.82) is 0 Å². The predicted octanol–water partition coefficient (Wildman–Crippen LogP) is 4.14. The Balaban J connectivity index is 1.32. The molecule has 29 heavy (non-hydrogen) atoms. The van der Waals surface area contributed by atoms with Crippen LogP contribution in [0.5, 0.6) is 0 Å². The van der Waals surface area contributed by atoms with Gasteiger partial charge in [0.05, 0.1) is 12.6 Å². The quantitative estimate of drug-likeness (QED) is 0.618. The van der Waals surface area contributed by atoms with Crippen LogP contribution < -0.4 is 5.32 Å². The fourth-order valence-corrected chi connectivity index (χ4v) is 5.25. The number of nitrogens with zero attached hydrogens (tertiary/aromatic N) is 2. The summed E-state index contributed by atoms with van der Waals surface area (Å²) in [5, 5.41) is 7.72. The highest BCUT2D eigenvalue weighted by Gasteiger charge is 2.23. The molecule has 0 aliphatic carbocycles. The van der Waals surface area contributed by atoms with Crippen LogP contribution in [0, 0.1) is 6.92 Å². The van der Waals surface area contributed by atoms with E-state index < -0.39 is 0 Å². The first-order chi connectivity index (χ1) is 14.2. The van der Waals surface area contributed by atoms with Crippen LogP contribution in [-0.2, 0) is 11.3 Å². The smallest absolute Gasteiger partial charge is 0.236 e. The van der Waals surface area contributed by atoms with Crippen molar-refractivity contribution in [2.45, 2.75) is 19.5 Å². The molecule has 3 aromatic rings. The summed E-state index contributed by atoms with van der Waals surface area (Å²) in [6.45, 7) is 6.94. The molecular weight excluding hydrogens is 398 g/mol. The molecule has 2 aromatic heterocycles. The Kier molecular flexibility index (Phi) is 6.77. The number of amides is 1. The van der Waals surface area contributed by atoms with E-state index in [2.05, 4.69) is 76.4 Å². The third kappa shape index (κ3) is 5.34. The van der Waals surface area contributed by atoms with E-state index >= 15 is 0 Å². The fraction of sp³-hybridized carbons (Fsp3) is 0.348. The second-order valence-electron chi connectivity index (χ2n) is 7.48. The minimum atomic E-state index is 0.0552. The molecule has 0 spiro atoms. The van der Waals surface area contributed by atoms with Crippen molar-refractivity contribution in [1.82, 2.24) is 15.1 Å². The Bertz CT molecular complexity index is 883. The van der Waals surface area contributed by atoms with Gasteiger partial charge in [0.15, 0.2) is 0 Å². The van der Waals surface area contributed by atoms with Crippen LogP contribution in [0.2, 0.25) is 0 Å². The van der Waals surface area contributed by atoms with Crippen LogP contribution in [0.3, 0.4) is 0 Å². The number of carbonyl (C=O) groups is 1. The van der Waals surface area contributed by atoms with Crippen LogP contribution in [0.15, 0.2) is 59.3 Å². The molecule has 1 aliphatic rings. The molecule has 1 N–H and O–H groups in total. The van der Waals surface area contributed by atoms with Gasteiger partial charge in [0.1, 0.15) is 0 Å². The van der Waals surface area contributed by atoms with E-state index in [1.165, 1.54) is 20.9 Å². The monoisotopic (exact) mass is 425 g/mol. The van der Waals surface area contributed by atoms with Gasteiger partial charge >= 0.3 is 0 Å². The molecule has 0 unspecified atom stereocenters. The Labute approximate surface area is 180 Å². The van der Waals surface area contributed by atoms with E-state index in [0.29, 0.717) is 6.54 Å². The zero-order chi connectivity index (χ0) is 20.1. The number of nitrogens with one attached hydrogen (secondary N) is 1. The first-order valence-electron chi connectivity index (χ1n) is 10.0. The summed E-state index contributed by atoms with van der Waals surface area (Å²) in [4.78, 5) is 19.9. The average Bonchev–Trinajstić information content (AvgIpc) is 3.44. The molecule has 1 fully saturated rings. The van der Waals surface area contributed by atoms with Gasteiger partial charge in [0, 0.05) is 42.5 Å². The second-order valence-corrected chi connectivity index (χ2v) is 9.49. The molecule has 0 saturated carbocycles. The minimum Gasteiger partial charge on any atom is -0.339 e. The SMILES string of the molecule is Cc1ccc([C@@H](NCC(=O)N2CCN(Cc3cccs3)CC2)c2cccs2)cc1. The van der Waals surface area contributed by atoms with Gasteiger partial charge in [-0.05, 0) is 35.4 Å². The number of hydrogen-bond acceptors (Lipinski definition) is 5. The van der Waals surface area contributed by atoms with Gasteiger partial charge in [0.2, 0.25) is 5.91 Å². The number of carbonyl (C=O) groups excluding carboxylic acids is 1. The standard InChI is InChI=1S/C23H27N3OS2/c1-18-6-8-19(9-7-18)23(21-5-3-15-29-21)24-16-22(27)26-12-10-25(11-13-26)17-20-4-2-14-28-20/h2-9,14-15,23-24H,10-13,16-17H2,1H3/t23-/m1/s1. The second kappa shape index (κ2) is 9.67. The van der Waals surface area contributed by atoms with Crippen LogP contribution >= 0.6 is 22.7 Å². The zero-order valence-electron chi connectivity index (χ0n) is 16.7. The van der Waals surface area contributed by atoms with Gasteiger partial charge < -0.3 is 4.90 Å². The Morgan fingerprint density at radius 2 is 1.72 bits per heavy atom. The molecule has 1 aromatic carbocycles. The van der Waals surface area contributed by atoms with Gasteiger partial charge in [-0.15, -0.1) is 22.7 Å². The molecule has 1 saturated heterocycles. The molecule has 0 radical (unpaired) electrons. The minimum absolute atomic E-state index is 0.0552. The molecule has 4 rings (SSSR count). The average molecular weight is 426 g/mol. The summed E-state index contributed by atoms with van der Waals surface area (Å²) in [6.07, 6.45) is 0. The third-order valence-electron chi connectivity index (χ3n) is 5.38. The van der Waals surface area contributed by atoms with E-state index in [1.807, 2.05) is 4.90 Å². The normalized spacial score (nSPS) is 16.1. The van der Waals surface area contributed by atoms with Crippen molar-refractivity contribution >= 4 is 28.6 Å². The van der Waals surface area contributed by atoms with Gasteiger partial charge in [-0.25, -0.2) is 0 Å². The molecule has 4 nitrogen and oxygen atoms in total. The van der Waals surface area contributed by atoms with Crippen molar-refractivity contribution in [2.75, 3.05) is 32.7 Å². The van der Waals surface area contributed by atoms with Gasteiger partial charge in [-0.1, -0.05) is 42.0 Å². The van der Waals surface area contributed by atoms with Crippen molar-refractivity contribution < 1.29 is 4.79 Å². The Hall–Kier alpha value is -1.99. The van der Waals surface area contributed by atoms with Crippen molar-refractivity contribution in [3.63, 3.8) is 0 Å².